The quantitative estimate of drug-likeness (QED) is 0.504. The summed E-state index contributed by atoms with van der Waals surface area (Å²) in [5.41, 5.74) is 0.627. The Morgan fingerprint density at radius 2 is 2.08 bits per heavy atom. The van der Waals surface area contributed by atoms with E-state index in [-0.39, 0.29) is 46.3 Å². The van der Waals surface area contributed by atoms with Gasteiger partial charge in [0.15, 0.2) is 5.13 Å². The van der Waals surface area contributed by atoms with Crippen molar-refractivity contribution in [3.05, 3.63) is 39.9 Å². The number of carbonyl (C=O) groups excluding carboxylic acids is 1. The third kappa shape index (κ3) is 5.37. The standard InChI is InChI=1S/C26H33ClN4O4S2/c1-15(24(33)31(4)13-5-12-28)19-10-11-26(3)14-20-22(16(2)21(26)23(19)32)29-25(36-20)30-37(34,35)18-8-6-17(27)7-9-18/h6-9,15-16,19,21,23,32H,5,10-11,13-14H2,1-4H3,(H,29,30)/t15-,16-,19?,21+,23-,26-/m0/s1. The molecule has 6 atom stereocenters. The molecule has 1 amide bonds. The number of carbonyl (C=O) groups is 1. The Morgan fingerprint density at radius 1 is 1.41 bits per heavy atom. The van der Waals surface area contributed by atoms with E-state index in [0.29, 0.717) is 23.1 Å². The monoisotopic (exact) mass is 564 g/mol. The van der Waals surface area contributed by atoms with Crippen molar-refractivity contribution < 1.29 is 18.3 Å². The molecule has 0 aliphatic heterocycles. The number of halogens is 1. The van der Waals surface area contributed by atoms with Crippen molar-refractivity contribution >= 4 is 44.0 Å². The Hall–Kier alpha value is -2.19. The highest BCUT2D eigenvalue weighted by molar-refractivity contribution is 7.93. The lowest BCUT2D eigenvalue weighted by Gasteiger charge is -2.53. The molecule has 2 aliphatic rings. The van der Waals surface area contributed by atoms with Gasteiger partial charge in [0.25, 0.3) is 10.0 Å². The summed E-state index contributed by atoms with van der Waals surface area (Å²) in [7, 11) is -2.11. The molecule has 11 heteroatoms. The summed E-state index contributed by atoms with van der Waals surface area (Å²) >= 11 is 7.24. The molecule has 4 rings (SSSR count). The smallest absolute Gasteiger partial charge is 0.263 e. The van der Waals surface area contributed by atoms with Crippen molar-refractivity contribution in [1.29, 1.82) is 5.26 Å². The molecule has 2 aromatic rings. The lowest BCUT2D eigenvalue weighted by Crippen LogP contribution is -2.53. The first-order valence-electron chi connectivity index (χ1n) is 12.5. The summed E-state index contributed by atoms with van der Waals surface area (Å²) in [6.45, 7) is 6.46. The van der Waals surface area contributed by atoms with Crippen LogP contribution in [0.4, 0.5) is 5.13 Å². The molecule has 1 heterocycles. The van der Waals surface area contributed by atoms with Gasteiger partial charge in [-0.2, -0.15) is 5.26 Å². The van der Waals surface area contributed by atoms with Crippen molar-refractivity contribution in [2.45, 2.75) is 63.4 Å². The number of benzene rings is 1. The van der Waals surface area contributed by atoms with Crippen LogP contribution in [-0.4, -0.2) is 49.0 Å². The number of anilines is 1. The topological polar surface area (TPSA) is 123 Å². The van der Waals surface area contributed by atoms with E-state index in [4.69, 9.17) is 16.9 Å². The Morgan fingerprint density at radius 3 is 2.73 bits per heavy atom. The van der Waals surface area contributed by atoms with Gasteiger partial charge in [0.05, 0.1) is 29.2 Å². The first-order chi connectivity index (χ1) is 17.4. The summed E-state index contributed by atoms with van der Waals surface area (Å²) in [4.78, 5) is 20.4. The van der Waals surface area contributed by atoms with Gasteiger partial charge in [-0.3, -0.25) is 9.52 Å². The summed E-state index contributed by atoms with van der Waals surface area (Å²) in [5, 5.41) is 21.2. The molecule has 1 saturated carbocycles. The fourth-order valence-corrected chi connectivity index (χ4v) is 8.86. The zero-order valence-electron chi connectivity index (χ0n) is 21.4. The van der Waals surface area contributed by atoms with Crippen molar-refractivity contribution in [2.75, 3.05) is 18.3 Å². The molecule has 0 spiro atoms. The molecule has 0 bridgehead atoms. The van der Waals surface area contributed by atoms with Gasteiger partial charge in [-0.25, -0.2) is 13.4 Å². The number of amides is 1. The highest BCUT2D eigenvalue weighted by Crippen LogP contribution is 2.57. The molecule has 2 N–H and O–H groups in total. The predicted octanol–water partition coefficient (Wildman–Crippen LogP) is 4.66. The van der Waals surface area contributed by atoms with Crippen LogP contribution in [0.15, 0.2) is 29.2 Å². The highest BCUT2D eigenvalue weighted by atomic mass is 35.5. The maximum atomic E-state index is 13.0. The summed E-state index contributed by atoms with van der Waals surface area (Å²) in [5.74, 6) is -0.828. The minimum absolute atomic E-state index is 0.0559. The third-order valence-electron chi connectivity index (χ3n) is 8.23. The Bertz CT molecular complexity index is 1310. The summed E-state index contributed by atoms with van der Waals surface area (Å²) in [6, 6.07) is 8.03. The van der Waals surface area contributed by atoms with Gasteiger partial charge in [-0.15, -0.1) is 11.3 Å². The predicted molar refractivity (Wildman–Crippen MR) is 144 cm³/mol. The van der Waals surface area contributed by atoms with Crippen molar-refractivity contribution in [1.82, 2.24) is 9.88 Å². The molecule has 0 saturated heterocycles. The van der Waals surface area contributed by atoms with Crippen LogP contribution < -0.4 is 4.72 Å². The van der Waals surface area contributed by atoms with E-state index in [9.17, 15) is 18.3 Å². The van der Waals surface area contributed by atoms with Crippen LogP contribution in [0.2, 0.25) is 5.02 Å². The number of aliphatic hydroxyl groups is 1. The number of thiazole rings is 1. The molecule has 1 aromatic heterocycles. The molecule has 1 fully saturated rings. The number of nitrogens with zero attached hydrogens (tertiary/aromatic N) is 3. The average molecular weight is 565 g/mol. The lowest BCUT2D eigenvalue weighted by atomic mass is 9.53. The molecular formula is C26H33ClN4O4S2. The number of nitrogens with one attached hydrogen (secondary N) is 1. The molecule has 1 aromatic carbocycles. The fraction of sp³-hybridized carbons (Fsp3) is 0.577. The van der Waals surface area contributed by atoms with Crippen LogP contribution in [0, 0.1) is 34.5 Å². The molecule has 1 unspecified atom stereocenters. The average Bonchev–Trinajstić information content (AvgIpc) is 3.23. The van der Waals surface area contributed by atoms with Gasteiger partial charge >= 0.3 is 0 Å². The zero-order valence-corrected chi connectivity index (χ0v) is 23.8. The van der Waals surface area contributed by atoms with E-state index < -0.39 is 16.1 Å². The molecule has 2 aliphatic carbocycles. The number of nitriles is 1. The van der Waals surface area contributed by atoms with E-state index in [1.54, 1.807) is 11.9 Å². The molecule has 8 nitrogen and oxygen atoms in total. The molecule has 37 heavy (non-hydrogen) atoms. The second-order valence-corrected chi connectivity index (χ2v) is 13.9. The van der Waals surface area contributed by atoms with Gasteiger partial charge in [-0.1, -0.05) is 32.4 Å². The Labute approximate surface area is 227 Å². The van der Waals surface area contributed by atoms with Gasteiger partial charge in [0, 0.05) is 35.3 Å². The van der Waals surface area contributed by atoms with Gasteiger partial charge in [0.1, 0.15) is 0 Å². The van der Waals surface area contributed by atoms with Crippen LogP contribution >= 0.6 is 22.9 Å². The number of rotatable bonds is 7. The van der Waals surface area contributed by atoms with E-state index in [1.807, 2.05) is 13.8 Å². The van der Waals surface area contributed by atoms with Crippen LogP contribution in [0.5, 0.6) is 0 Å². The van der Waals surface area contributed by atoms with Crippen molar-refractivity contribution in [2.24, 2.45) is 23.2 Å². The number of aliphatic hydroxyl groups excluding tert-OH is 1. The Balaban J connectivity index is 1.55. The Kier molecular flexibility index (Phi) is 7.92. The molecule has 0 radical (unpaired) electrons. The first-order valence-corrected chi connectivity index (χ1v) is 15.1. The normalized spacial score (nSPS) is 27.9. The molecular weight excluding hydrogens is 532 g/mol. The van der Waals surface area contributed by atoms with Gasteiger partial charge in [-0.05, 0) is 60.8 Å². The lowest BCUT2D eigenvalue weighted by molar-refractivity contribution is -0.143. The van der Waals surface area contributed by atoms with Crippen LogP contribution in [0.1, 0.15) is 56.5 Å². The van der Waals surface area contributed by atoms with Crippen molar-refractivity contribution in [3.8, 4) is 6.07 Å². The first kappa shape index (κ1) is 27.8. The number of sulfonamides is 1. The SMILES string of the molecule is C[C@H](C(=O)N(C)CCC#N)C1CC[C@@]2(C)Cc3sc(NS(=O)(=O)c4ccc(Cl)cc4)nc3[C@@H](C)[C@@H]2[C@H]1O. The number of fused-ring (bicyclic) bond motifs is 2. The van der Waals surface area contributed by atoms with E-state index in [2.05, 4.69) is 22.7 Å². The highest BCUT2D eigenvalue weighted by Gasteiger charge is 2.54. The van der Waals surface area contributed by atoms with E-state index in [1.165, 1.54) is 35.6 Å². The summed E-state index contributed by atoms with van der Waals surface area (Å²) < 4.78 is 28.4. The number of aromatic nitrogens is 1. The maximum Gasteiger partial charge on any atom is 0.263 e. The van der Waals surface area contributed by atoms with Crippen LogP contribution in [-0.2, 0) is 21.2 Å². The maximum absolute atomic E-state index is 13.0. The summed E-state index contributed by atoms with van der Waals surface area (Å²) in [6.07, 6.45) is 1.86. The zero-order chi connectivity index (χ0) is 27.1. The van der Waals surface area contributed by atoms with E-state index >= 15 is 0 Å². The fourth-order valence-electron chi connectivity index (χ4n) is 6.24. The van der Waals surface area contributed by atoms with Crippen molar-refractivity contribution in [3.63, 3.8) is 0 Å². The van der Waals surface area contributed by atoms with Gasteiger partial charge in [0.2, 0.25) is 5.91 Å². The van der Waals surface area contributed by atoms with Crippen LogP contribution in [0.25, 0.3) is 0 Å². The second-order valence-electron chi connectivity index (χ2n) is 10.7. The second kappa shape index (κ2) is 10.5. The van der Waals surface area contributed by atoms with E-state index in [0.717, 1.165) is 23.4 Å². The number of hydrogen-bond acceptors (Lipinski definition) is 7. The number of hydrogen-bond donors (Lipinski definition) is 2. The van der Waals surface area contributed by atoms with Gasteiger partial charge < -0.3 is 10.0 Å². The molecule has 200 valence electrons. The largest absolute Gasteiger partial charge is 0.392 e. The minimum atomic E-state index is -3.82. The van der Waals surface area contributed by atoms with Crippen LogP contribution in [0.3, 0.4) is 0 Å². The minimum Gasteiger partial charge on any atom is -0.392 e. The third-order valence-corrected chi connectivity index (χ3v) is 11.0.